The molecular formula is C11H16N2O3. The second-order valence-corrected chi connectivity index (χ2v) is 3.40. The van der Waals surface area contributed by atoms with Crippen molar-refractivity contribution in [3.63, 3.8) is 0 Å². The number of carbonyl (C=O) groups excluding carboxylic acids is 1. The molecule has 0 radical (unpaired) electrons. The van der Waals surface area contributed by atoms with Crippen molar-refractivity contribution in [3.05, 3.63) is 23.8 Å². The van der Waals surface area contributed by atoms with E-state index in [9.17, 15) is 4.79 Å². The highest BCUT2D eigenvalue weighted by Gasteiger charge is 2.13. The summed E-state index contributed by atoms with van der Waals surface area (Å²) in [5.41, 5.74) is 3.08. The molecule has 0 heterocycles. The maximum atomic E-state index is 11.8. The quantitative estimate of drug-likeness (QED) is 0.772. The second-order valence-electron chi connectivity index (χ2n) is 3.40. The molecule has 1 aromatic carbocycles. The molecule has 0 saturated carbocycles. The molecule has 0 atom stereocenters. The van der Waals surface area contributed by atoms with E-state index in [0.29, 0.717) is 17.1 Å². The van der Waals surface area contributed by atoms with Crippen LogP contribution in [0.3, 0.4) is 0 Å². The van der Waals surface area contributed by atoms with Gasteiger partial charge in [0, 0.05) is 14.1 Å². The van der Waals surface area contributed by atoms with Crippen LogP contribution in [-0.4, -0.2) is 39.2 Å². The lowest BCUT2D eigenvalue weighted by atomic mass is 10.2. The van der Waals surface area contributed by atoms with Crippen molar-refractivity contribution in [2.75, 3.05) is 28.3 Å². The molecule has 16 heavy (non-hydrogen) atoms. The molecule has 1 amide bonds. The molecular weight excluding hydrogens is 208 g/mol. The first-order valence-electron chi connectivity index (χ1n) is 4.78. The number of carbonyl (C=O) groups is 1. The van der Waals surface area contributed by atoms with Gasteiger partial charge in [-0.1, -0.05) is 0 Å². The minimum Gasteiger partial charge on any atom is -0.497 e. The normalized spacial score (nSPS) is 10.1. The Hall–Kier alpha value is -1.75. The third-order valence-corrected chi connectivity index (χ3v) is 1.98. The smallest absolute Gasteiger partial charge is 0.269 e. The molecule has 0 spiro atoms. The number of rotatable bonds is 4. The Bertz CT molecular complexity index is 377. The summed E-state index contributed by atoms with van der Waals surface area (Å²) in [6.07, 6.45) is 0. The molecule has 0 bridgehead atoms. The average Bonchev–Trinajstić information content (AvgIpc) is 2.27. The Kier molecular flexibility index (Phi) is 4.13. The SMILES string of the molecule is COc1ccc(OC)c(C(=O)NN(C)C)c1. The maximum Gasteiger partial charge on any atom is 0.269 e. The monoisotopic (exact) mass is 224 g/mol. The molecule has 0 fully saturated rings. The number of nitrogens with zero attached hydrogens (tertiary/aromatic N) is 1. The Morgan fingerprint density at radius 3 is 2.44 bits per heavy atom. The predicted molar refractivity (Wildman–Crippen MR) is 60.7 cm³/mol. The van der Waals surface area contributed by atoms with Gasteiger partial charge < -0.3 is 9.47 Å². The molecule has 1 rings (SSSR count). The standard InChI is InChI=1S/C11H16N2O3/c1-13(2)12-11(14)9-7-8(15-3)5-6-10(9)16-4/h5-7H,1-4H3,(H,12,14). The molecule has 88 valence electrons. The van der Waals surface area contributed by atoms with Crippen LogP contribution in [0, 0.1) is 0 Å². The maximum absolute atomic E-state index is 11.8. The fourth-order valence-corrected chi connectivity index (χ4v) is 1.25. The van der Waals surface area contributed by atoms with Crippen LogP contribution in [0.4, 0.5) is 0 Å². The molecule has 0 saturated heterocycles. The van der Waals surface area contributed by atoms with E-state index in [-0.39, 0.29) is 5.91 Å². The fourth-order valence-electron chi connectivity index (χ4n) is 1.25. The highest BCUT2D eigenvalue weighted by atomic mass is 16.5. The van der Waals surface area contributed by atoms with Crippen molar-refractivity contribution < 1.29 is 14.3 Å². The Morgan fingerprint density at radius 1 is 1.25 bits per heavy atom. The van der Waals surface area contributed by atoms with E-state index in [2.05, 4.69) is 5.43 Å². The van der Waals surface area contributed by atoms with Gasteiger partial charge in [0.15, 0.2) is 0 Å². The Morgan fingerprint density at radius 2 is 1.94 bits per heavy atom. The summed E-state index contributed by atoms with van der Waals surface area (Å²) in [5, 5.41) is 1.57. The highest BCUT2D eigenvalue weighted by Crippen LogP contribution is 2.23. The van der Waals surface area contributed by atoms with Gasteiger partial charge in [-0.05, 0) is 18.2 Å². The van der Waals surface area contributed by atoms with E-state index in [0.717, 1.165) is 0 Å². The van der Waals surface area contributed by atoms with Crippen molar-refractivity contribution in [2.45, 2.75) is 0 Å². The van der Waals surface area contributed by atoms with Crippen LogP contribution in [0.5, 0.6) is 11.5 Å². The van der Waals surface area contributed by atoms with Crippen molar-refractivity contribution >= 4 is 5.91 Å². The fraction of sp³-hybridized carbons (Fsp3) is 0.364. The van der Waals surface area contributed by atoms with Gasteiger partial charge in [0.1, 0.15) is 11.5 Å². The zero-order valence-electron chi connectivity index (χ0n) is 9.90. The Balaban J connectivity index is 3.03. The van der Waals surface area contributed by atoms with Gasteiger partial charge in [0.25, 0.3) is 5.91 Å². The summed E-state index contributed by atoms with van der Waals surface area (Å²) in [6, 6.07) is 5.08. The number of methoxy groups -OCH3 is 2. The number of nitrogens with one attached hydrogen (secondary N) is 1. The highest BCUT2D eigenvalue weighted by molar-refractivity contribution is 5.97. The molecule has 0 unspecified atom stereocenters. The van der Waals surface area contributed by atoms with E-state index in [4.69, 9.17) is 9.47 Å². The molecule has 1 aromatic rings. The summed E-state index contributed by atoms with van der Waals surface area (Å²) in [7, 11) is 6.55. The van der Waals surface area contributed by atoms with Crippen LogP contribution in [0.25, 0.3) is 0 Å². The van der Waals surface area contributed by atoms with E-state index in [1.807, 2.05) is 0 Å². The van der Waals surface area contributed by atoms with Crippen LogP contribution < -0.4 is 14.9 Å². The van der Waals surface area contributed by atoms with E-state index >= 15 is 0 Å². The van der Waals surface area contributed by atoms with Gasteiger partial charge in [0.05, 0.1) is 19.8 Å². The van der Waals surface area contributed by atoms with Crippen LogP contribution >= 0.6 is 0 Å². The number of hydrogen-bond donors (Lipinski definition) is 1. The van der Waals surface area contributed by atoms with Crippen LogP contribution in [0.2, 0.25) is 0 Å². The van der Waals surface area contributed by atoms with Crippen molar-refractivity contribution in [2.24, 2.45) is 0 Å². The van der Waals surface area contributed by atoms with Crippen LogP contribution in [0.15, 0.2) is 18.2 Å². The molecule has 0 aliphatic carbocycles. The predicted octanol–water partition coefficient (Wildman–Crippen LogP) is 0.910. The van der Waals surface area contributed by atoms with Gasteiger partial charge in [0.2, 0.25) is 0 Å². The summed E-state index contributed by atoms with van der Waals surface area (Å²) in [4.78, 5) is 11.8. The third-order valence-electron chi connectivity index (χ3n) is 1.98. The van der Waals surface area contributed by atoms with Gasteiger partial charge >= 0.3 is 0 Å². The zero-order chi connectivity index (χ0) is 12.1. The molecule has 5 heteroatoms. The lowest BCUT2D eigenvalue weighted by molar-refractivity contribution is 0.0853. The molecule has 0 aliphatic heterocycles. The zero-order valence-corrected chi connectivity index (χ0v) is 9.90. The number of hydrogen-bond acceptors (Lipinski definition) is 4. The average molecular weight is 224 g/mol. The minimum absolute atomic E-state index is 0.235. The topological polar surface area (TPSA) is 50.8 Å². The lowest BCUT2D eigenvalue weighted by Gasteiger charge is -2.14. The molecule has 0 aromatic heterocycles. The molecule has 1 N–H and O–H groups in total. The van der Waals surface area contributed by atoms with Gasteiger partial charge in [-0.3, -0.25) is 10.2 Å². The van der Waals surface area contributed by atoms with Gasteiger partial charge in [-0.2, -0.15) is 0 Å². The van der Waals surface area contributed by atoms with Crippen molar-refractivity contribution in [3.8, 4) is 11.5 Å². The number of benzene rings is 1. The third kappa shape index (κ3) is 2.87. The van der Waals surface area contributed by atoms with Crippen LogP contribution in [-0.2, 0) is 0 Å². The van der Waals surface area contributed by atoms with Crippen molar-refractivity contribution in [1.82, 2.24) is 10.4 Å². The van der Waals surface area contributed by atoms with E-state index < -0.39 is 0 Å². The molecule has 5 nitrogen and oxygen atoms in total. The first-order valence-corrected chi connectivity index (χ1v) is 4.78. The summed E-state index contributed by atoms with van der Waals surface area (Å²) in [5.74, 6) is 0.894. The number of hydrazine groups is 1. The first-order chi connectivity index (χ1) is 7.58. The van der Waals surface area contributed by atoms with E-state index in [1.165, 1.54) is 7.11 Å². The summed E-state index contributed by atoms with van der Waals surface area (Å²) < 4.78 is 10.2. The second kappa shape index (κ2) is 5.37. The van der Waals surface area contributed by atoms with Gasteiger partial charge in [-0.15, -0.1) is 0 Å². The number of ether oxygens (including phenoxy) is 2. The largest absolute Gasteiger partial charge is 0.497 e. The summed E-state index contributed by atoms with van der Waals surface area (Å²) in [6.45, 7) is 0. The van der Waals surface area contributed by atoms with E-state index in [1.54, 1.807) is 44.4 Å². The minimum atomic E-state index is -0.235. The molecule has 0 aliphatic rings. The van der Waals surface area contributed by atoms with Crippen molar-refractivity contribution in [1.29, 1.82) is 0 Å². The summed E-state index contributed by atoms with van der Waals surface area (Å²) >= 11 is 0. The van der Waals surface area contributed by atoms with Gasteiger partial charge in [-0.25, -0.2) is 5.01 Å². The van der Waals surface area contributed by atoms with Crippen LogP contribution in [0.1, 0.15) is 10.4 Å². The number of amides is 1. The Labute approximate surface area is 94.9 Å². The lowest BCUT2D eigenvalue weighted by Crippen LogP contribution is -2.36. The first kappa shape index (κ1) is 12.3.